The Morgan fingerprint density at radius 2 is 0.882 bits per heavy atom. The number of fused-ring (bicyclic) bond motifs is 2. The van der Waals surface area contributed by atoms with Crippen molar-refractivity contribution in [1.29, 1.82) is 0 Å². The van der Waals surface area contributed by atoms with E-state index < -0.39 is 0 Å². The first-order valence-electron chi connectivity index (χ1n) is 13.9. The van der Waals surface area contributed by atoms with Crippen molar-refractivity contribution in [2.75, 3.05) is 13.2 Å². The van der Waals surface area contributed by atoms with E-state index in [1.165, 1.54) is 96.9 Å². The van der Waals surface area contributed by atoms with Gasteiger partial charge in [-0.25, -0.2) is 0 Å². The van der Waals surface area contributed by atoms with Crippen molar-refractivity contribution >= 4 is 21.5 Å². The van der Waals surface area contributed by atoms with E-state index in [0.717, 1.165) is 37.6 Å². The molecule has 0 fully saturated rings. The van der Waals surface area contributed by atoms with Crippen molar-refractivity contribution in [3.05, 3.63) is 47.5 Å². The summed E-state index contributed by atoms with van der Waals surface area (Å²) < 4.78 is 13.0. The number of benzene rings is 3. The summed E-state index contributed by atoms with van der Waals surface area (Å²) in [6.45, 7) is 10.5. The van der Waals surface area contributed by atoms with E-state index in [1.807, 2.05) is 0 Å². The maximum absolute atomic E-state index is 6.51. The average molecular weight is 463 g/mol. The molecule has 0 aliphatic rings. The minimum atomic E-state index is 0.774. The molecule has 0 saturated carbocycles. The van der Waals surface area contributed by atoms with E-state index in [0.29, 0.717) is 0 Å². The second-order valence-corrected chi connectivity index (χ2v) is 9.92. The lowest BCUT2D eigenvalue weighted by Gasteiger charge is -2.19. The quantitative estimate of drug-likeness (QED) is 0.156. The SMILES string of the molecule is CCCCCCCCOc1c2ccccc2c(OCCCCCCCC)c2cc(C)c(C)cc12. The summed E-state index contributed by atoms with van der Waals surface area (Å²) in [6, 6.07) is 13.2. The van der Waals surface area contributed by atoms with Gasteiger partial charge in [-0.15, -0.1) is 0 Å². The third-order valence-corrected chi connectivity index (χ3v) is 7.03. The Morgan fingerprint density at radius 3 is 1.29 bits per heavy atom. The number of ether oxygens (including phenoxy) is 2. The molecule has 3 aromatic rings. The lowest BCUT2D eigenvalue weighted by Crippen LogP contribution is -2.03. The highest BCUT2D eigenvalue weighted by molar-refractivity contribution is 6.11. The molecule has 0 aromatic heterocycles. The fourth-order valence-electron chi connectivity index (χ4n) is 4.79. The van der Waals surface area contributed by atoms with Gasteiger partial charge < -0.3 is 9.47 Å². The molecular formula is C32H46O2. The molecule has 0 aliphatic heterocycles. The highest BCUT2D eigenvalue weighted by Crippen LogP contribution is 2.43. The molecular weight excluding hydrogens is 416 g/mol. The van der Waals surface area contributed by atoms with Crippen LogP contribution >= 0.6 is 0 Å². The summed E-state index contributed by atoms with van der Waals surface area (Å²) in [5, 5.41) is 4.71. The molecule has 0 spiro atoms. The van der Waals surface area contributed by atoms with Crippen LogP contribution in [0.4, 0.5) is 0 Å². The summed E-state index contributed by atoms with van der Waals surface area (Å²) in [5.74, 6) is 2.04. The average Bonchev–Trinajstić information content (AvgIpc) is 2.84. The van der Waals surface area contributed by atoms with Gasteiger partial charge in [0.1, 0.15) is 11.5 Å². The molecule has 0 N–H and O–H groups in total. The van der Waals surface area contributed by atoms with Crippen LogP contribution in [0.15, 0.2) is 36.4 Å². The van der Waals surface area contributed by atoms with Gasteiger partial charge in [-0.1, -0.05) is 102 Å². The van der Waals surface area contributed by atoms with E-state index in [-0.39, 0.29) is 0 Å². The van der Waals surface area contributed by atoms with Crippen LogP contribution in [0.5, 0.6) is 11.5 Å². The number of rotatable bonds is 16. The van der Waals surface area contributed by atoms with Crippen LogP contribution in [0, 0.1) is 13.8 Å². The molecule has 2 heteroatoms. The van der Waals surface area contributed by atoms with Crippen molar-refractivity contribution < 1.29 is 9.47 Å². The number of aryl methyl sites for hydroxylation is 2. The van der Waals surface area contributed by atoms with Gasteiger partial charge in [0.2, 0.25) is 0 Å². The molecule has 186 valence electrons. The van der Waals surface area contributed by atoms with E-state index in [2.05, 4.69) is 64.1 Å². The topological polar surface area (TPSA) is 18.5 Å². The second-order valence-electron chi connectivity index (χ2n) is 9.92. The summed E-state index contributed by atoms with van der Waals surface area (Å²) in [4.78, 5) is 0. The van der Waals surface area contributed by atoms with E-state index in [1.54, 1.807) is 0 Å². The number of hydrogen-bond donors (Lipinski definition) is 0. The molecule has 0 unspecified atom stereocenters. The highest BCUT2D eigenvalue weighted by atomic mass is 16.5. The summed E-state index contributed by atoms with van der Waals surface area (Å²) >= 11 is 0. The highest BCUT2D eigenvalue weighted by Gasteiger charge is 2.17. The third kappa shape index (κ3) is 7.14. The van der Waals surface area contributed by atoms with Crippen LogP contribution in [0.25, 0.3) is 21.5 Å². The van der Waals surface area contributed by atoms with Gasteiger partial charge in [-0.05, 0) is 49.9 Å². The molecule has 3 aromatic carbocycles. The maximum atomic E-state index is 6.51. The van der Waals surface area contributed by atoms with E-state index in [9.17, 15) is 0 Å². The monoisotopic (exact) mass is 462 g/mol. The smallest absolute Gasteiger partial charge is 0.135 e. The standard InChI is InChI=1S/C32H46O2/c1-5-7-9-11-13-17-21-33-31-27-19-15-16-20-28(27)32(34-22-18-14-12-10-8-6-2)30-24-26(4)25(3)23-29(30)31/h15-16,19-20,23-24H,5-14,17-18,21-22H2,1-4H3. The van der Waals surface area contributed by atoms with Gasteiger partial charge in [0.15, 0.2) is 0 Å². The summed E-state index contributed by atoms with van der Waals surface area (Å²) in [7, 11) is 0. The van der Waals surface area contributed by atoms with Crippen LogP contribution in [0.3, 0.4) is 0 Å². The second kappa shape index (κ2) is 14.2. The molecule has 0 amide bonds. The Labute approximate surface area is 208 Å². The number of unbranched alkanes of at least 4 members (excludes halogenated alkanes) is 10. The summed E-state index contributed by atoms with van der Waals surface area (Å²) in [6.07, 6.45) is 15.3. The predicted molar refractivity (Wildman–Crippen MR) is 149 cm³/mol. The lowest BCUT2D eigenvalue weighted by atomic mass is 9.96. The van der Waals surface area contributed by atoms with Crippen LogP contribution in [-0.2, 0) is 0 Å². The van der Waals surface area contributed by atoms with Gasteiger partial charge in [0.25, 0.3) is 0 Å². The molecule has 0 aliphatic carbocycles. The van der Waals surface area contributed by atoms with Crippen molar-refractivity contribution in [2.45, 2.75) is 105 Å². The largest absolute Gasteiger partial charge is 0.492 e. The lowest BCUT2D eigenvalue weighted by molar-refractivity contribution is 0.306. The minimum Gasteiger partial charge on any atom is -0.492 e. The zero-order valence-electron chi connectivity index (χ0n) is 22.2. The van der Waals surface area contributed by atoms with Gasteiger partial charge in [0, 0.05) is 21.5 Å². The Kier molecular flexibility index (Phi) is 11.1. The Balaban J connectivity index is 1.82. The Hall–Kier alpha value is -2.22. The minimum absolute atomic E-state index is 0.774. The van der Waals surface area contributed by atoms with E-state index in [4.69, 9.17) is 9.47 Å². The summed E-state index contributed by atoms with van der Waals surface area (Å²) in [5.41, 5.74) is 2.60. The third-order valence-electron chi connectivity index (χ3n) is 7.03. The van der Waals surface area contributed by atoms with Gasteiger partial charge in [0.05, 0.1) is 13.2 Å². The van der Waals surface area contributed by atoms with Crippen molar-refractivity contribution in [1.82, 2.24) is 0 Å². The van der Waals surface area contributed by atoms with Crippen LogP contribution < -0.4 is 9.47 Å². The first kappa shape index (κ1) is 26.4. The Morgan fingerprint density at radius 1 is 0.500 bits per heavy atom. The fraction of sp³-hybridized carbons (Fsp3) is 0.562. The molecule has 3 rings (SSSR count). The maximum Gasteiger partial charge on any atom is 0.135 e. The zero-order valence-corrected chi connectivity index (χ0v) is 22.2. The van der Waals surface area contributed by atoms with E-state index >= 15 is 0 Å². The van der Waals surface area contributed by atoms with Crippen molar-refractivity contribution in [2.24, 2.45) is 0 Å². The first-order valence-corrected chi connectivity index (χ1v) is 13.9. The van der Waals surface area contributed by atoms with Crippen LogP contribution in [0.2, 0.25) is 0 Å². The molecule has 2 nitrogen and oxygen atoms in total. The van der Waals surface area contributed by atoms with Crippen molar-refractivity contribution in [3.63, 3.8) is 0 Å². The normalized spacial score (nSPS) is 11.4. The fourth-order valence-corrected chi connectivity index (χ4v) is 4.79. The molecule has 0 saturated heterocycles. The van der Waals surface area contributed by atoms with Crippen LogP contribution in [0.1, 0.15) is 102 Å². The molecule has 0 atom stereocenters. The Bertz CT molecular complexity index is 939. The molecule has 0 radical (unpaired) electrons. The number of hydrogen-bond acceptors (Lipinski definition) is 2. The molecule has 34 heavy (non-hydrogen) atoms. The van der Waals surface area contributed by atoms with Crippen molar-refractivity contribution in [3.8, 4) is 11.5 Å². The first-order chi connectivity index (χ1) is 16.7. The van der Waals surface area contributed by atoms with Gasteiger partial charge in [-0.2, -0.15) is 0 Å². The van der Waals surface area contributed by atoms with Gasteiger partial charge >= 0.3 is 0 Å². The zero-order chi connectivity index (χ0) is 24.2. The van der Waals surface area contributed by atoms with Crippen LogP contribution in [-0.4, -0.2) is 13.2 Å². The van der Waals surface area contributed by atoms with Gasteiger partial charge in [-0.3, -0.25) is 0 Å². The molecule has 0 heterocycles. The predicted octanol–water partition coefficient (Wildman–Crippen LogP) is 10.1. The molecule has 0 bridgehead atoms.